The van der Waals surface area contributed by atoms with Crippen LogP contribution in [-0.4, -0.2) is 34.9 Å². The highest BCUT2D eigenvalue weighted by molar-refractivity contribution is 6.33. The first-order chi connectivity index (χ1) is 11.2. The number of hydrogen-bond donors (Lipinski definition) is 0. The van der Waals surface area contributed by atoms with Crippen molar-refractivity contribution in [2.75, 3.05) is 24.6 Å². The normalized spacial score (nSPS) is 17.1. The summed E-state index contributed by atoms with van der Waals surface area (Å²) in [5.74, 6) is 1.65. The van der Waals surface area contributed by atoms with E-state index >= 15 is 0 Å². The average molecular weight is 330 g/mol. The van der Waals surface area contributed by atoms with Crippen LogP contribution in [0, 0.1) is 24.2 Å². The highest BCUT2D eigenvalue weighted by atomic mass is 35.5. The van der Waals surface area contributed by atoms with Crippen LogP contribution in [0.25, 0.3) is 0 Å². The van der Waals surface area contributed by atoms with Crippen LogP contribution in [0.2, 0.25) is 5.02 Å². The highest BCUT2D eigenvalue weighted by Gasteiger charge is 2.25. The third kappa shape index (κ3) is 3.69. The molecule has 1 saturated heterocycles. The fourth-order valence-corrected chi connectivity index (χ4v) is 2.84. The maximum atomic E-state index is 8.87. The van der Waals surface area contributed by atoms with Gasteiger partial charge in [0.2, 0.25) is 5.88 Å². The summed E-state index contributed by atoms with van der Waals surface area (Å²) in [5, 5.41) is 17.4. The van der Waals surface area contributed by atoms with Gasteiger partial charge in [0.25, 0.3) is 0 Å². The molecule has 2 aromatic heterocycles. The molecule has 0 bridgehead atoms. The van der Waals surface area contributed by atoms with Crippen LogP contribution in [-0.2, 0) is 0 Å². The van der Waals surface area contributed by atoms with E-state index in [0.717, 1.165) is 31.0 Å². The summed E-state index contributed by atoms with van der Waals surface area (Å²) in [4.78, 5) is 6.43. The molecule has 23 heavy (non-hydrogen) atoms. The van der Waals surface area contributed by atoms with E-state index in [-0.39, 0.29) is 0 Å². The van der Waals surface area contributed by atoms with Crippen LogP contribution in [0.3, 0.4) is 0 Å². The molecule has 0 N–H and O–H groups in total. The zero-order chi connectivity index (χ0) is 16.2. The summed E-state index contributed by atoms with van der Waals surface area (Å²) >= 11 is 6.22. The molecule has 3 heterocycles. The van der Waals surface area contributed by atoms with Crippen molar-refractivity contribution < 1.29 is 4.74 Å². The first-order valence-corrected chi connectivity index (χ1v) is 7.77. The molecule has 1 fully saturated rings. The van der Waals surface area contributed by atoms with E-state index in [2.05, 4.69) is 20.1 Å². The number of ether oxygens (including phenoxy) is 1. The monoisotopic (exact) mass is 329 g/mol. The zero-order valence-electron chi connectivity index (χ0n) is 12.7. The van der Waals surface area contributed by atoms with Crippen molar-refractivity contribution in [3.05, 3.63) is 40.7 Å². The molecule has 118 valence electrons. The van der Waals surface area contributed by atoms with E-state index in [4.69, 9.17) is 21.6 Å². The summed E-state index contributed by atoms with van der Waals surface area (Å²) in [6, 6.07) is 7.39. The Kier molecular flexibility index (Phi) is 4.58. The number of nitrogens with zero attached hydrogens (tertiary/aromatic N) is 5. The molecule has 0 saturated carbocycles. The van der Waals surface area contributed by atoms with Gasteiger partial charge < -0.3 is 9.64 Å². The standard InChI is InChI=1S/C16H16ClN5O/c1-11-2-3-15(21-20-11)23-10-12-4-5-22(9-12)16-14(17)6-13(7-18)8-19-16/h2-3,6,8,12H,4-5,9-10H2,1H3. The fraction of sp³-hybridized carbons (Fsp3) is 0.375. The smallest absolute Gasteiger partial charge is 0.233 e. The molecule has 0 radical (unpaired) electrons. The van der Waals surface area contributed by atoms with Gasteiger partial charge in [-0.05, 0) is 25.5 Å². The van der Waals surface area contributed by atoms with Gasteiger partial charge in [-0.2, -0.15) is 10.4 Å². The molecule has 0 amide bonds. The molecule has 1 atom stereocenters. The van der Waals surface area contributed by atoms with Crippen molar-refractivity contribution >= 4 is 17.4 Å². The van der Waals surface area contributed by atoms with Gasteiger partial charge in [0, 0.05) is 31.3 Å². The lowest BCUT2D eigenvalue weighted by atomic mass is 10.1. The van der Waals surface area contributed by atoms with Gasteiger partial charge in [-0.1, -0.05) is 11.6 Å². The molecule has 2 aromatic rings. The highest BCUT2D eigenvalue weighted by Crippen LogP contribution is 2.29. The minimum atomic E-state index is 0.381. The first-order valence-electron chi connectivity index (χ1n) is 7.39. The molecule has 0 aliphatic carbocycles. The molecule has 1 aliphatic rings. The average Bonchev–Trinajstić information content (AvgIpc) is 3.03. The molecule has 0 spiro atoms. The van der Waals surface area contributed by atoms with Crippen molar-refractivity contribution in [1.82, 2.24) is 15.2 Å². The van der Waals surface area contributed by atoms with Gasteiger partial charge in [0.1, 0.15) is 11.9 Å². The lowest BCUT2D eigenvalue weighted by Gasteiger charge is -2.18. The van der Waals surface area contributed by atoms with E-state index < -0.39 is 0 Å². The van der Waals surface area contributed by atoms with Crippen LogP contribution in [0.1, 0.15) is 17.7 Å². The SMILES string of the molecule is Cc1ccc(OCC2CCN(c3ncc(C#N)cc3Cl)C2)nn1. The van der Waals surface area contributed by atoms with Crippen LogP contribution in [0.15, 0.2) is 24.4 Å². The minimum absolute atomic E-state index is 0.381. The Morgan fingerprint density at radius 2 is 2.30 bits per heavy atom. The van der Waals surface area contributed by atoms with Crippen molar-refractivity contribution in [3.8, 4) is 11.9 Å². The van der Waals surface area contributed by atoms with Crippen LogP contribution >= 0.6 is 11.6 Å². The third-order valence-corrected chi connectivity index (χ3v) is 4.05. The van der Waals surface area contributed by atoms with E-state index in [0.29, 0.717) is 29.0 Å². The number of aryl methyl sites for hydroxylation is 1. The molecule has 3 rings (SSSR count). The second kappa shape index (κ2) is 6.80. The van der Waals surface area contributed by atoms with Crippen molar-refractivity contribution in [2.45, 2.75) is 13.3 Å². The van der Waals surface area contributed by atoms with Crippen molar-refractivity contribution in [2.24, 2.45) is 5.92 Å². The Balaban J connectivity index is 1.58. The molecule has 6 nitrogen and oxygen atoms in total. The molecule has 1 aliphatic heterocycles. The van der Waals surface area contributed by atoms with E-state index in [1.54, 1.807) is 12.3 Å². The summed E-state index contributed by atoms with van der Waals surface area (Å²) in [6.45, 7) is 4.16. The molecular formula is C16H16ClN5O. The van der Waals surface area contributed by atoms with Gasteiger partial charge in [-0.25, -0.2) is 4.98 Å². The molecule has 7 heteroatoms. The van der Waals surface area contributed by atoms with Gasteiger partial charge in [0.05, 0.1) is 22.9 Å². The van der Waals surface area contributed by atoms with Crippen LogP contribution in [0.5, 0.6) is 5.88 Å². The molecule has 1 unspecified atom stereocenters. The predicted molar refractivity (Wildman–Crippen MR) is 86.5 cm³/mol. The summed E-state index contributed by atoms with van der Waals surface area (Å²) in [5.41, 5.74) is 1.33. The lowest BCUT2D eigenvalue weighted by Crippen LogP contribution is -2.23. The Morgan fingerprint density at radius 3 is 3.00 bits per heavy atom. The number of anilines is 1. The number of rotatable bonds is 4. The second-order valence-electron chi connectivity index (χ2n) is 5.57. The number of aromatic nitrogens is 3. The van der Waals surface area contributed by atoms with E-state index in [1.807, 2.05) is 25.1 Å². The maximum Gasteiger partial charge on any atom is 0.233 e. The van der Waals surface area contributed by atoms with Crippen molar-refractivity contribution in [1.29, 1.82) is 5.26 Å². The fourth-order valence-electron chi connectivity index (χ4n) is 2.55. The topological polar surface area (TPSA) is 74.9 Å². The minimum Gasteiger partial charge on any atom is -0.476 e. The van der Waals surface area contributed by atoms with Gasteiger partial charge >= 0.3 is 0 Å². The summed E-state index contributed by atoms with van der Waals surface area (Å²) < 4.78 is 5.70. The second-order valence-corrected chi connectivity index (χ2v) is 5.97. The molecular weight excluding hydrogens is 314 g/mol. The molecule has 0 aromatic carbocycles. The zero-order valence-corrected chi connectivity index (χ0v) is 13.5. The van der Waals surface area contributed by atoms with E-state index in [1.165, 1.54) is 0 Å². The lowest BCUT2D eigenvalue weighted by molar-refractivity contribution is 0.249. The Morgan fingerprint density at radius 1 is 1.43 bits per heavy atom. The third-order valence-electron chi connectivity index (χ3n) is 3.78. The van der Waals surface area contributed by atoms with Gasteiger partial charge in [-0.15, -0.1) is 5.10 Å². The Bertz CT molecular complexity index is 728. The van der Waals surface area contributed by atoms with Gasteiger partial charge in [0.15, 0.2) is 0 Å². The van der Waals surface area contributed by atoms with Gasteiger partial charge in [-0.3, -0.25) is 0 Å². The number of halogens is 1. The maximum absolute atomic E-state index is 8.87. The Labute approximate surface area is 139 Å². The van der Waals surface area contributed by atoms with E-state index in [9.17, 15) is 0 Å². The van der Waals surface area contributed by atoms with Crippen molar-refractivity contribution in [3.63, 3.8) is 0 Å². The number of nitriles is 1. The largest absolute Gasteiger partial charge is 0.476 e. The van der Waals surface area contributed by atoms with Crippen LogP contribution < -0.4 is 9.64 Å². The summed E-state index contributed by atoms with van der Waals surface area (Å²) in [7, 11) is 0. The number of hydrogen-bond acceptors (Lipinski definition) is 6. The summed E-state index contributed by atoms with van der Waals surface area (Å²) in [6.07, 6.45) is 2.55. The quantitative estimate of drug-likeness (QED) is 0.858. The predicted octanol–water partition coefficient (Wildman–Crippen LogP) is 2.61. The first kappa shape index (κ1) is 15.5. The van der Waals surface area contributed by atoms with Crippen LogP contribution in [0.4, 0.5) is 5.82 Å². The number of pyridine rings is 1. The Hall–Kier alpha value is -2.39.